The van der Waals surface area contributed by atoms with E-state index in [9.17, 15) is 18.7 Å². The Morgan fingerprint density at radius 2 is 2.03 bits per heavy atom. The second-order valence-corrected chi connectivity index (χ2v) is 7.76. The smallest absolute Gasteiger partial charge is 0.260 e. The monoisotopic (exact) mass is 458 g/mol. The highest BCUT2D eigenvalue weighted by Gasteiger charge is 2.61. The summed E-state index contributed by atoms with van der Waals surface area (Å²) >= 11 is 0. The van der Waals surface area contributed by atoms with Gasteiger partial charge in [0.05, 0.1) is 6.10 Å². The van der Waals surface area contributed by atoms with Crippen LogP contribution < -0.4 is 10.6 Å². The molecule has 0 spiro atoms. The Balaban J connectivity index is 1.79. The molecular formula is C23H28F2N6O2. The van der Waals surface area contributed by atoms with Gasteiger partial charge in [-0.3, -0.25) is 9.36 Å². The average Bonchev–Trinajstić information content (AvgIpc) is 3.21. The number of alkyl halides is 2. The van der Waals surface area contributed by atoms with Gasteiger partial charge < -0.3 is 15.7 Å². The molecule has 1 amide bonds. The van der Waals surface area contributed by atoms with E-state index in [1.54, 1.807) is 17.0 Å². The SMILES string of the molecule is C\C=C(Nc1nccn1-c1cc(NC(=O)C2CC2(F)F)ncn1)/C(C)=C\C(=C/C)C(O)CC. The third kappa shape index (κ3) is 5.70. The van der Waals surface area contributed by atoms with Crippen LogP contribution >= 0.6 is 0 Å². The van der Waals surface area contributed by atoms with E-state index in [4.69, 9.17) is 0 Å². The molecule has 0 bridgehead atoms. The number of aliphatic hydroxyl groups is 1. The number of aliphatic hydroxyl groups excluding tert-OH is 1. The van der Waals surface area contributed by atoms with Gasteiger partial charge in [-0.1, -0.05) is 25.2 Å². The van der Waals surface area contributed by atoms with Gasteiger partial charge >= 0.3 is 0 Å². The number of imidazole rings is 1. The van der Waals surface area contributed by atoms with E-state index in [-0.39, 0.29) is 5.82 Å². The van der Waals surface area contributed by atoms with Gasteiger partial charge in [-0.05, 0) is 38.3 Å². The second-order valence-electron chi connectivity index (χ2n) is 7.76. The highest BCUT2D eigenvalue weighted by molar-refractivity contribution is 5.94. The van der Waals surface area contributed by atoms with Crippen molar-refractivity contribution >= 4 is 17.7 Å². The van der Waals surface area contributed by atoms with Crippen molar-refractivity contribution in [1.29, 1.82) is 0 Å². The summed E-state index contributed by atoms with van der Waals surface area (Å²) in [6.45, 7) is 7.60. The molecule has 0 aliphatic heterocycles. The summed E-state index contributed by atoms with van der Waals surface area (Å²) in [7, 11) is 0. The molecule has 1 aliphatic carbocycles. The highest BCUT2D eigenvalue weighted by Crippen LogP contribution is 2.49. The minimum absolute atomic E-state index is 0.126. The van der Waals surface area contributed by atoms with E-state index in [1.807, 2.05) is 45.9 Å². The molecule has 3 N–H and O–H groups in total. The fraction of sp³-hybridized carbons (Fsp3) is 0.391. The summed E-state index contributed by atoms with van der Waals surface area (Å²) in [6.07, 6.45) is 9.79. The lowest BCUT2D eigenvalue weighted by Gasteiger charge is -2.15. The van der Waals surface area contributed by atoms with Crippen molar-refractivity contribution in [3.63, 3.8) is 0 Å². The molecule has 2 heterocycles. The number of aromatic nitrogens is 4. The van der Waals surface area contributed by atoms with Gasteiger partial charge in [0, 0.05) is 30.6 Å². The Morgan fingerprint density at radius 1 is 1.30 bits per heavy atom. The summed E-state index contributed by atoms with van der Waals surface area (Å²) in [4.78, 5) is 24.5. The number of halogens is 2. The second kappa shape index (κ2) is 10.0. The van der Waals surface area contributed by atoms with Gasteiger partial charge in [0.2, 0.25) is 11.9 Å². The van der Waals surface area contributed by atoms with E-state index >= 15 is 0 Å². The molecule has 1 fully saturated rings. The molecular weight excluding hydrogens is 430 g/mol. The van der Waals surface area contributed by atoms with Crippen molar-refractivity contribution < 1.29 is 18.7 Å². The molecule has 2 aromatic rings. The maximum atomic E-state index is 13.2. The molecule has 1 saturated carbocycles. The Hall–Kier alpha value is -3.40. The predicted octanol–water partition coefficient (Wildman–Crippen LogP) is 4.24. The Labute approximate surface area is 191 Å². The zero-order valence-electron chi connectivity index (χ0n) is 19.0. The zero-order valence-corrected chi connectivity index (χ0v) is 19.0. The van der Waals surface area contributed by atoms with Crippen molar-refractivity contribution in [2.24, 2.45) is 5.92 Å². The van der Waals surface area contributed by atoms with Crippen LogP contribution in [0.5, 0.6) is 0 Å². The zero-order chi connectivity index (χ0) is 24.2. The van der Waals surface area contributed by atoms with Crippen molar-refractivity contribution in [2.45, 2.75) is 52.6 Å². The summed E-state index contributed by atoms with van der Waals surface area (Å²) in [5.41, 5.74) is 2.49. The predicted molar refractivity (Wildman–Crippen MR) is 122 cm³/mol. The first-order valence-corrected chi connectivity index (χ1v) is 10.7. The number of amides is 1. The molecule has 1 aliphatic rings. The number of rotatable bonds is 9. The van der Waals surface area contributed by atoms with E-state index in [0.717, 1.165) is 16.8 Å². The molecule has 0 saturated heterocycles. The number of nitrogens with one attached hydrogen (secondary N) is 2. The largest absolute Gasteiger partial charge is 0.388 e. The Kier molecular flexibility index (Phi) is 7.37. The molecule has 0 radical (unpaired) electrons. The van der Waals surface area contributed by atoms with Crippen LogP contribution in [-0.2, 0) is 4.79 Å². The van der Waals surface area contributed by atoms with E-state index < -0.39 is 30.3 Å². The average molecular weight is 459 g/mol. The number of hydrogen-bond acceptors (Lipinski definition) is 6. The van der Waals surface area contributed by atoms with Crippen LogP contribution in [0.1, 0.15) is 40.5 Å². The van der Waals surface area contributed by atoms with E-state index in [1.165, 1.54) is 12.4 Å². The van der Waals surface area contributed by atoms with Gasteiger partial charge in [0.25, 0.3) is 5.92 Å². The van der Waals surface area contributed by atoms with Crippen molar-refractivity contribution in [1.82, 2.24) is 19.5 Å². The van der Waals surface area contributed by atoms with Crippen LogP contribution in [0.3, 0.4) is 0 Å². The molecule has 10 heteroatoms. The number of anilines is 2. The first kappa shape index (κ1) is 24.2. The molecule has 2 aromatic heterocycles. The molecule has 0 aromatic carbocycles. The first-order valence-electron chi connectivity index (χ1n) is 10.7. The van der Waals surface area contributed by atoms with Crippen LogP contribution in [0.4, 0.5) is 20.5 Å². The molecule has 176 valence electrons. The molecule has 8 nitrogen and oxygen atoms in total. The number of carbonyl (C=O) groups excluding carboxylic acids is 1. The van der Waals surface area contributed by atoms with Crippen molar-refractivity contribution in [2.75, 3.05) is 10.6 Å². The fourth-order valence-corrected chi connectivity index (χ4v) is 3.29. The maximum Gasteiger partial charge on any atom is 0.260 e. The topological polar surface area (TPSA) is 105 Å². The Morgan fingerprint density at radius 3 is 2.64 bits per heavy atom. The van der Waals surface area contributed by atoms with E-state index in [2.05, 4.69) is 25.6 Å². The molecule has 2 unspecified atom stereocenters. The minimum Gasteiger partial charge on any atom is -0.388 e. The summed E-state index contributed by atoms with van der Waals surface area (Å²) in [5.74, 6) is -4.05. The van der Waals surface area contributed by atoms with Gasteiger partial charge in [0.15, 0.2) is 0 Å². The summed E-state index contributed by atoms with van der Waals surface area (Å²) in [6, 6.07) is 1.48. The summed E-state index contributed by atoms with van der Waals surface area (Å²) < 4.78 is 28.0. The third-order valence-corrected chi connectivity index (χ3v) is 5.38. The normalized spacial score (nSPS) is 19.2. The van der Waals surface area contributed by atoms with Crippen molar-refractivity contribution in [3.05, 3.63) is 59.9 Å². The van der Waals surface area contributed by atoms with Crippen LogP contribution in [0.2, 0.25) is 0 Å². The van der Waals surface area contributed by atoms with Crippen LogP contribution in [0.15, 0.2) is 59.9 Å². The number of carbonyl (C=O) groups is 1. The Bertz CT molecular complexity index is 1110. The van der Waals surface area contributed by atoms with Crippen LogP contribution in [-0.4, -0.2) is 42.6 Å². The molecule has 3 rings (SSSR count). The standard InChI is InChI=1S/C23H28F2N6O2/c1-5-15(18(32)7-3)10-14(4)17(6-2)29-22-26-8-9-31(22)20-11-19(27-13-28-20)30-21(33)16-12-23(16,24)25/h5-6,8-11,13,16,18,32H,7,12H2,1-4H3,(H,26,29)(H,27,28,30,33)/b14-10-,15-5+,17-6+. The van der Waals surface area contributed by atoms with Gasteiger partial charge in [-0.2, -0.15) is 0 Å². The first-order chi connectivity index (χ1) is 15.7. The maximum absolute atomic E-state index is 13.2. The number of hydrogen-bond donors (Lipinski definition) is 3. The molecule has 2 atom stereocenters. The summed E-state index contributed by atoms with van der Waals surface area (Å²) in [5, 5.41) is 15.8. The highest BCUT2D eigenvalue weighted by atomic mass is 19.3. The number of allylic oxidation sites excluding steroid dienone is 3. The minimum atomic E-state index is -2.95. The van der Waals surface area contributed by atoms with Gasteiger partial charge in [-0.25, -0.2) is 23.7 Å². The van der Waals surface area contributed by atoms with Gasteiger partial charge in [0.1, 0.15) is 23.9 Å². The van der Waals surface area contributed by atoms with Gasteiger partial charge in [-0.15, -0.1) is 0 Å². The van der Waals surface area contributed by atoms with Crippen LogP contribution in [0, 0.1) is 5.92 Å². The number of nitrogens with zero attached hydrogens (tertiary/aromatic N) is 4. The lowest BCUT2D eigenvalue weighted by atomic mass is 10.0. The fourth-order valence-electron chi connectivity index (χ4n) is 3.29. The third-order valence-electron chi connectivity index (χ3n) is 5.38. The molecule has 33 heavy (non-hydrogen) atoms. The lowest BCUT2D eigenvalue weighted by Crippen LogP contribution is -2.18. The quantitative estimate of drug-likeness (QED) is 0.486. The van der Waals surface area contributed by atoms with E-state index in [0.29, 0.717) is 18.2 Å². The van der Waals surface area contributed by atoms with Crippen LogP contribution in [0.25, 0.3) is 5.82 Å². The lowest BCUT2D eigenvalue weighted by molar-refractivity contribution is -0.119. The van der Waals surface area contributed by atoms with Crippen molar-refractivity contribution in [3.8, 4) is 5.82 Å².